The van der Waals surface area contributed by atoms with Crippen molar-refractivity contribution >= 4 is 5.91 Å². The van der Waals surface area contributed by atoms with Gasteiger partial charge in [-0.1, -0.05) is 33.3 Å². The summed E-state index contributed by atoms with van der Waals surface area (Å²) in [6.07, 6.45) is 7.40. The maximum atomic E-state index is 12.9. The lowest BCUT2D eigenvalue weighted by Gasteiger charge is -2.39. The summed E-state index contributed by atoms with van der Waals surface area (Å²) >= 11 is 0. The first-order valence-electron chi connectivity index (χ1n) is 10.1. The second kappa shape index (κ2) is 8.96. The SMILES string of the molecule is CC1CCC(C(C)C)C(OCC(=O)N2CCNCC2c2cccnc2)C1. The Morgan fingerprint density at radius 2 is 2.27 bits per heavy atom. The van der Waals surface area contributed by atoms with Crippen LogP contribution in [0.2, 0.25) is 0 Å². The molecule has 0 aromatic carbocycles. The topological polar surface area (TPSA) is 54.5 Å². The third-order valence-corrected chi connectivity index (χ3v) is 6.02. The van der Waals surface area contributed by atoms with Gasteiger partial charge in [-0.3, -0.25) is 9.78 Å². The second-order valence-corrected chi connectivity index (χ2v) is 8.27. The predicted octanol–water partition coefficient (Wildman–Crippen LogP) is 3.03. The minimum Gasteiger partial charge on any atom is -0.368 e. The van der Waals surface area contributed by atoms with E-state index in [0.717, 1.165) is 31.6 Å². The normalized spacial score (nSPS) is 29.8. The van der Waals surface area contributed by atoms with Crippen LogP contribution in [0.15, 0.2) is 24.5 Å². The average molecular weight is 360 g/mol. The van der Waals surface area contributed by atoms with Crippen molar-refractivity contribution in [3.8, 4) is 0 Å². The number of piperazine rings is 1. The minimum atomic E-state index is 0.0414. The van der Waals surface area contributed by atoms with Gasteiger partial charge in [-0.25, -0.2) is 0 Å². The molecular formula is C21H33N3O2. The molecule has 1 aliphatic heterocycles. The van der Waals surface area contributed by atoms with Gasteiger partial charge in [0.15, 0.2) is 0 Å². The molecule has 26 heavy (non-hydrogen) atoms. The van der Waals surface area contributed by atoms with Crippen molar-refractivity contribution in [1.29, 1.82) is 0 Å². The summed E-state index contributed by atoms with van der Waals surface area (Å²) in [7, 11) is 0. The summed E-state index contributed by atoms with van der Waals surface area (Å²) in [5.74, 6) is 1.95. The number of nitrogens with one attached hydrogen (secondary N) is 1. The monoisotopic (exact) mass is 359 g/mol. The molecule has 1 aromatic heterocycles. The Morgan fingerprint density at radius 1 is 1.42 bits per heavy atom. The number of carbonyl (C=O) groups excluding carboxylic acids is 1. The molecule has 5 nitrogen and oxygen atoms in total. The zero-order chi connectivity index (χ0) is 18.5. The Bertz CT molecular complexity index is 578. The minimum absolute atomic E-state index is 0.0414. The van der Waals surface area contributed by atoms with Crippen molar-refractivity contribution in [3.63, 3.8) is 0 Å². The van der Waals surface area contributed by atoms with Crippen molar-refractivity contribution in [2.24, 2.45) is 17.8 Å². The largest absolute Gasteiger partial charge is 0.368 e. The Balaban J connectivity index is 1.62. The van der Waals surface area contributed by atoms with Crippen LogP contribution in [0, 0.1) is 17.8 Å². The number of amides is 1. The highest BCUT2D eigenvalue weighted by Gasteiger charge is 2.33. The number of nitrogens with zero attached hydrogens (tertiary/aromatic N) is 2. The van der Waals surface area contributed by atoms with Gasteiger partial charge in [0.25, 0.3) is 0 Å². The molecule has 0 radical (unpaired) electrons. The number of pyridine rings is 1. The zero-order valence-corrected chi connectivity index (χ0v) is 16.4. The Hall–Kier alpha value is -1.46. The number of hydrogen-bond donors (Lipinski definition) is 1. The fourth-order valence-electron chi connectivity index (χ4n) is 4.44. The standard InChI is InChI=1S/C21H33N3O2/c1-15(2)18-7-6-16(3)11-20(18)26-14-21(25)24-10-9-23-13-19(24)17-5-4-8-22-12-17/h4-5,8,12,15-16,18-20,23H,6-7,9-11,13-14H2,1-3H3. The molecule has 1 N–H and O–H groups in total. The number of ether oxygens (including phenoxy) is 1. The van der Waals surface area contributed by atoms with E-state index in [9.17, 15) is 4.79 Å². The molecule has 4 unspecified atom stereocenters. The fraction of sp³-hybridized carbons (Fsp3) is 0.714. The van der Waals surface area contributed by atoms with Crippen LogP contribution in [0.3, 0.4) is 0 Å². The van der Waals surface area contributed by atoms with Gasteiger partial charge >= 0.3 is 0 Å². The van der Waals surface area contributed by atoms with Gasteiger partial charge in [-0.2, -0.15) is 0 Å². The fourth-order valence-corrected chi connectivity index (χ4v) is 4.44. The molecule has 2 heterocycles. The predicted molar refractivity (Wildman–Crippen MR) is 103 cm³/mol. The highest BCUT2D eigenvalue weighted by atomic mass is 16.5. The first kappa shape index (κ1) is 19.3. The van der Waals surface area contributed by atoms with E-state index >= 15 is 0 Å². The number of rotatable bonds is 5. The molecule has 1 saturated heterocycles. The number of aromatic nitrogens is 1. The van der Waals surface area contributed by atoms with E-state index in [2.05, 4.69) is 31.1 Å². The third kappa shape index (κ3) is 4.63. The van der Waals surface area contributed by atoms with Crippen LogP contribution < -0.4 is 5.32 Å². The first-order valence-corrected chi connectivity index (χ1v) is 10.1. The molecule has 2 aliphatic rings. The quantitative estimate of drug-likeness (QED) is 0.878. The van der Waals surface area contributed by atoms with Crippen LogP contribution in [-0.2, 0) is 9.53 Å². The molecule has 0 spiro atoms. The van der Waals surface area contributed by atoms with Crippen LogP contribution in [0.5, 0.6) is 0 Å². The van der Waals surface area contributed by atoms with Crippen molar-refractivity contribution in [2.75, 3.05) is 26.2 Å². The van der Waals surface area contributed by atoms with Crippen molar-refractivity contribution in [3.05, 3.63) is 30.1 Å². The van der Waals surface area contributed by atoms with Crippen LogP contribution in [0.25, 0.3) is 0 Å². The molecule has 3 rings (SSSR count). The Morgan fingerprint density at radius 3 is 3.00 bits per heavy atom. The molecular weight excluding hydrogens is 326 g/mol. The van der Waals surface area contributed by atoms with E-state index in [1.807, 2.05) is 23.2 Å². The smallest absolute Gasteiger partial charge is 0.249 e. The van der Waals surface area contributed by atoms with Gasteiger partial charge in [0.05, 0.1) is 12.1 Å². The van der Waals surface area contributed by atoms with Crippen molar-refractivity contribution < 1.29 is 9.53 Å². The Kier molecular flexibility index (Phi) is 6.65. The van der Waals surface area contributed by atoms with Gasteiger partial charge in [0, 0.05) is 32.0 Å². The summed E-state index contributed by atoms with van der Waals surface area (Å²) < 4.78 is 6.20. The number of carbonyl (C=O) groups is 1. The molecule has 1 aromatic rings. The van der Waals surface area contributed by atoms with Crippen LogP contribution in [0.1, 0.15) is 51.6 Å². The lowest BCUT2D eigenvalue weighted by Crippen LogP contribution is -2.50. The van der Waals surface area contributed by atoms with Crippen LogP contribution in [0.4, 0.5) is 0 Å². The summed E-state index contributed by atoms with van der Waals surface area (Å²) in [5.41, 5.74) is 1.08. The van der Waals surface area contributed by atoms with E-state index < -0.39 is 0 Å². The van der Waals surface area contributed by atoms with Crippen LogP contribution >= 0.6 is 0 Å². The zero-order valence-electron chi connectivity index (χ0n) is 16.4. The highest BCUT2D eigenvalue weighted by Crippen LogP contribution is 2.35. The van der Waals surface area contributed by atoms with Gasteiger partial charge < -0.3 is 15.0 Å². The molecule has 144 valence electrons. The first-order chi connectivity index (χ1) is 12.6. The van der Waals surface area contributed by atoms with E-state index in [0.29, 0.717) is 17.8 Å². The highest BCUT2D eigenvalue weighted by molar-refractivity contribution is 5.78. The summed E-state index contributed by atoms with van der Waals surface area (Å²) in [5, 5.41) is 3.39. The van der Waals surface area contributed by atoms with Gasteiger partial charge in [0.1, 0.15) is 6.61 Å². The number of hydrogen-bond acceptors (Lipinski definition) is 4. The summed E-state index contributed by atoms with van der Waals surface area (Å²) in [6, 6.07) is 4.02. The van der Waals surface area contributed by atoms with E-state index in [1.54, 1.807) is 6.20 Å². The van der Waals surface area contributed by atoms with Crippen LogP contribution in [-0.4, -0.2) is 48.1 Å². The van der Waals surface area contributed by atoms with Crippen molar-refractivity contribution in [2.45, 2.75) is 52.2 Å². The lowest BCUT2D eigenvalue weighted by molar-refractivity contribution is -0.145. The van der Waals surface area contributed by atoms with Gasteiger partial charge in [-0.05, 0) is 42.2 Å². The van der Waals surface area contributed by atoms with Gasteiger partial charge in [-0.15, -0.1) is 0 Å². The average Bonchev–Trinajstić information content (AvgIpc) is 2.66. The van der Waals surface area contributed by atoms with E-state index in [4.69, 9.17) is 4.74 Å². The maximum absolute atomic E-state index is 12.9. The summed E-state index contributed by atoms with van der Waals surface area (Å²) in [4.78, 5) is 19.1. The molecule has 1 aliphatic carbocycles. The molecule has 4 atom stereocenters. The molecule has 5 heteroatoms. The maximum Gasteiger partial charge on any atom is 0.249 e. The molecule has 1 amide bonds. The van der Waals surface area contributed by atoms with Gasteiger partial charge in [0.2, 0.25) is 5.91 Å². The second-order valence-electron chi connectivity index (χ2n) is 8.27. The molecule has 0 bridgehead atoms. The lowest BCUT2D eigenvalue weighted by atomic mass is 9.75. The molecule has 2 fully saturated rings. The van der Waals surface area contributed by atoms with E-state index in [-0.39, 0.29) is 24.7 Å². The third-order valence-electron chi connectivity index (χ3n) is 6.02. The van der Waals surface area contributed by atoms with Crippen molar-refractivity contribution in [1.82, 2.24) is 15.2 Å². The van der Waals surface area contributed by atoms with E-state index in [1.165, 1.54) is 12.8 Å². The molecule has 1 saturated carbocycles. The summed E-state index contributed by atoms with van der Waals surface area (Å²) in [6.45, 7) is 9.35. The Labute approximate surface area is 157 Å².